The number of halogens is 1. The standard InChI is InChI=1S/C33H29FN6O4/c1-42-28-18-21(19-29(43-2)30(28)44-3)12-17-27(41)22-13-15-25(16-14-22)36-32-38-31(35-24-9-5-4-6-10-24)39-33(40-32)37-26-11-7-8-23(34)20-26/h4-20H,1-3H3,(H3,35,36,37,38,39,40)/b17-12+. The molecular weight excluding hydrogens is 563 g/mol. The van der Waals surface area contributed by atoms with E-state index in [9.17, 15) is 9.18 Å². The van der Waals surface area contributed by atoms with Crippen LogP contribution in [-0.2, 0) is 0 Å². The number of nitrogens with zero attached hydrogens (tertiary/aromatic N) is 3. The number of nitrogens with one attached hydrogen (secondary N) is 3. The topological polar surface area (TPSA) is 120 Å². The summed E-state index contributed by atoms with van der Waals surface area (Å²) in [4.78, 5) is 26.3. The molecule has 4 aromatic carbocycles. The van der Waals surface area contributed by atoms with Crippen molar-refractivity contribution in [2.45, 2.75) is 0 Å². The largest absolute Gasteiger partial charge is 0.493 e. The Bertz CT molecular complexity index is 1760. The van der Waals surface area contributed by atoms with Gasteiger partial charge in [-0.3, -0.25) is 4.79 Å². The summed E-state index contributed by atoms with van der Waals surface area (Å²) < 4.78 is 29.9. The molecule has 0 saturated heterocycles. The van der Waals surface area contributed by atoms with Crippen LogP contribution >= 0.6 is 0 Å². The third-order valence-electron chi connectivity index (χ3n) is 6.29. The van der Waals surface area contributed by atoms with E-state index in [0.717, 1.165) is 5.69 Å². The molecule has 1 heterocycles. The van der Waals surface area contributed by atoms with Gasteiger partial charge in [0.15, 0.2) is 17.3 Å². The van der Waals surface area contributed by atoms with Crippen molar-refractivity contribution in [1.29, 1.82) is 0 Å². The number of carbonyl (C=O) groups excluding carboxylic acids is 1. The van der Waals surface area contributed by atoms with Crippen molar-refractivity contribution in [2.24, 2.45) is 0 Å². The second kappa shape index (κ2) is 13.8. The maximum absolute atomic E-state index is 13.8. The van der Waals surface area contributed by atoms with E-state index in [4.69, 9.17) is 14.2 Å². The lowest BCUT2D eigenvalue weighted by molar-refractivity contribution is 0.104. The van der Waals surface area contributed by atoms with Gasteiger partial charge in [-0.2, -0.15) is 15.0 Å². The predicted octanol–water partition coefficient (Wildman–Crippen LogP) is 7.16. The highest BCUT2D eigenvalue weighted by Crippen LogP contribution is 2.38. The SMILES string of the molecule is COc1cc(/C=C/C(=O)c2ccc(Nc3nc(Nc4ccccc4)nc(Nc4cccc(F)c4)n3)cc2)cc(OC)c1OC. The van der Waals surface area contributed by atoms with Crippen LogP contribution in [0.3, 0.4) is 0 Å². The van der Waals surface area contributed by atoms with Gasteiger partial charge in [0.25, 0.3) is 0 Å². The molecule has 1 aromatic heterocycles. The Hall–Kier alpha value is -5.97. The number of anilines is 6. The highest BCUT2D eigenvalue weighted by Gasteiger charge is 2.13. The lowest BCUT2D eigenvalue weighted by atomic mass is 10.1. The van der Waals surface area contributed by atoms with Gasteiger partial charge in [0, 0.05) is 22.6 Å². The first kappa shape index (κ1) is 29.5. The molecule has 11 heteroatoms. The van der Waals surface area contributed by atoms with E-state index in [-0.39, 0.29) is 23.6 Å². The summed E-state index contributed by atoms with van der Waals surface area (Å²) in [6.45, 7) is 0. The first-order valence-corrected chi connectivity index (χ1v) is 13.4. The molecule has 10 nitrogen and oxygen atoms in total. The van der Waals surface area contributed by atoms with Gasteiger partial charge in [-0.1, -0.05) is 30.3 Å². The molecule has 5 aromatic rings. The maximum Gasteiger partial charge on any atom is 0.233 e. The molecule has 0 fully saturated rings. The monoisotopic (exact) mass is 592 g/mol. The number of hydrogen-bond acceptors (Lipinski definition) is 10. The Morgan fingerprint density at radius 2 is 1.20 bits per heavy atom. The van der Waals surface area contributed by atoms with Crippen molar-refractivity contribution in [1.82, 2.24) is 15.0 Å². The fourth-order valence-electron chi connectivity index (χ4n) is 4.20. The average Bonchev–Trinajstić information content (AvgIpc) is 3.03. The minimum atomic E-state index is -0.391. The van der Waals surface area contributed by atoms with Crippen LogP contribution in [0.5, 0.6) is 17.2 Å². The Balaban J connectivity index is 1.33. The molecule has 0 aliphatic heterocycles. The van der Waals surface area contributed by atoms with Gasteiger partial charge in [-0.15, -0.1) is 0 Å². The van der Waals surface area contributed by atoms with Gasteiger partial charge < -0.3 is 30.2 Å². The first-order chi connectivity index (χ1) is 21.4. The number of benzene rings is 4. The smallest absolute Gasteiger partial charge is 0.233 e. The van der Waals surface area contributed by atoms with Gasteiger partial charge in [0.2, 0.25) is 23.6 Å². The predicted molar refractivity (Wildman–Crippen MR) is 168 cm³/mol. The second-order valence-electron chi connectivity index (χ2n) is 9.29. The number of allylic oxidation sites excluding steroid dienone is 1. The number of rotatable bonds is 12. The van der Waals surface area contributed by atoms with E-state index in [1.807, 2.05) is 30.3 Å². The van der Waals surface area contributed by atoms with Crippen molar-refractivity contribution in [3.8, 4) is 17.2 Å². The number of para-hydroxylation sites is 1. The maximum atomic E-state index is 13.8. The molecule has 0 aliphatic carbocycles. The van der Waals surface area contributed by atoms with E-state index < -0.39 is 5.82 Å². The van der Waals surface area contributed by atoms with Gasteiger partial charge in [0.05, 0.1) is 21.3 Å². The van der Waals surface area contributed by atoms with Crippen LogP contribution in [0.2, 0.25) is 0 Å². The Labute approximate surface area is 253 Å². The molecule has 0 saturated carbocycles. The lowest BCUT2D eigenvalue weighted by Gasteiger charge is -2.12. The summed E-state index contributed by atoms with van der Waals surface area (Å²) in [7, 11) is 4.60. The Morgan fingerprint density at radius 3 is 1.75 bits per heavy atom. The molecule has 0 bridgehead atoms. The highest BCUT2D eigenvalue weighted by atomic mass is 19.1. The van der Waals surface area contributed by atoms with Crippen LogP contribution in [0, 0.1) is 5.82 Å². The fourth-order valence-corrected chi connectivity index (χ4v) is 4.20. The van der Waals surface area contributed by atoms with E-state index in [0.29, 0.717) is 39.8 Å². The van der Waals surface area contributed by atoms with Gasteiger partial charge in [-0.05, 0) is 78.4 Å². The van der Waals surface area contributed by atoms with Gasteiger partial charge in [0.1, 0.15) is 5.82 Å². The number of ketones is 1. The molecule has 5 rings (SSSR count). The van der Waals surface area contributed by atoms with Crippen LogP contribution in [0.25, 0.3) is 6.08 Å². The summed E-state index contributed by atoms with van der Waals surface area (Å²) in [5.74, 6) is 1.58. The molecule has 3 N–H and O–H groups in total. The third kappa shape index (κ3) is 7.45. The summed E-state index contributed by atoms with van der Waals surface area (Å²) in [5, 5.41) is 9.30. The van der Waals surface area contributed by atoms with Crippen LogP contribution in [0.1, 0.15) is 15.9 Å². The van der Waals surface area contributed by atoms with Crippen molar-refractivity contribution in [3.63, 3.8) is 0 Å². The number of hydrogen-bond donors (Lipinski definition) is 3. The molecule has 0 spiro atoms. The quantitative estimate of drug-likeness (QED) is 0.102. The molecule has 0 unspecified atom stereocenters. The zero-order chi connectivity index (χ0) is 30.9. The number of aromatic nitrogens is 3. The van der Waals surface area contributed by atoms with Crippen molar-refractivity contribution >= 4 is 46.8 Å². The van der Waals surface area contributed by atoms with Crippen molar-refractivity contribution in [3.05, 3.63) is 114 Å². The number of ether oxygens (including phenoxy) is 3. The molecule has 0 radical (unpaired) electrons. The van der Waals surface area contributed by atoms with E-state index in [1.54, 1.807) is 54.6 Å². The molecule has 0 atom stereocenters. The first-order valence-electron chi connectivity index (χ1n) is 13.4. The average molecular weight is 593 g/mol. The molecule has 44 heavy (non-hydrogen) atoms. The van der Waals surface area contributed by atoms with Crippen molar-refractivity contribution in [2.75, 3.05) is 37.3 Å². The molecular formula is C33H29FN6O4. The third-order valence-corrected chi connectivity index (χ3v) is 6.29. The summed E-state index contributed by atoms with van der Waals surface area (Å²) >= 11 is 0. The Kier molecular flexibility index (Phi) is 9.26. The van der Waals surface area contributed by atoms with E-state index in [1.165, 1.54) is 39.5 Å². The van der Waals surface area contributed by atoms with Crippen molar-refractivity contribution < 1.29 is 23.4 Å². The number of methoxy groups -OCH3 is 3. The Morgan fingerprint density at radius 1 is 0.659 bits per heavy atom. The zero-order valence-corrected chi connectivity index (χ0v) is 24.2. The second-order valence-corrected chi connectivity index (χ2v) is 9.29. The van der Waals surface area contributed by atoms with Crippen LogP contribution in [-0.4, -0.2) is 42.1 Å². The number of carbonyl (C=O) groups is 1. The highest BCUT2D eigenvalue weighted by molar-refractivity contribution is 6.07. The normalized spacial score (nSPS) is 10.7. The lowest BCUT2D eigenvalue weighted by Crippen LogP contribution is -2.07. The summed E-state index contributed by atoms with van der Waals surface area (Å²) in [5.41, 5.74) is 3.10. The summed E-state index contributed by atoms with van der Waals surface area (Å²) in [6.07, 6.45) is 3.15. The van der Waals surface area contributed by atoms with Crippen LogP contribution in [0.4, 0.5) is 39.3 Å². The molecule has 0 aliphatic rings. The van der Waals surface area contributed by atoms with Gasteiger partial charge >= 0.3 is 0 Å². The van der Waals surface area contributed by atoms with Crippen LogP contribution < -0.4 is 30.2 Å². The molecule has 0 amide bonds. The minimum absolute atomic E-state index is 0.193. The molecule has 222 valence electrons. The van der Waals surface area contributed by atoms with E-state index >= 15 is 0 Å². The van der Waals surface area contributed by atoms with E-state index in [2.05, 4.69) is 30.9 Å². The minimum Gasteiger partial charge on any atom is -0.493 e. The van der Waals surface area contributed by atoms with Gasteiger partial charge in [-0.25, -0.2) is 4.39 Å². The summed E-state index contributed by atoms with van der Waals surface area (Å²) in [6, 6.07) is 25.8. The fraction of sp³-hybridized carbons (Fsp3) is 0.0909. The van der Waals surface area contributed by atoms with Crippen LogP contribution in [0.15, 0.2) is 97.1 Å². The zero-order valence-electron chi connectivity index (χ0n) is 24.2.